The second-order valence-corrected chi connectivity index (χ2v) is 6.20. The van der Waals surface area contributed by atoms with E-state index in [1.165, 1.54) is 10.2 Å². The maximum Gasteiger partial charge on any atom is 0.00748 e. The second-order valence-electron chi connectivity index (χ2n) is 2.98. The van der Waals surface area contributed by atoms with Crippen molar-refractivity contribution in [2.45, 2.75) is 31.5 Å². The molecule has 0 bridgehead atoms. The van der Waals surface area contributed by atoms with E-state index in [9.17, 15) is 0 Å². The van der Waals surface area contributed by atoms with Crippen LogP contribution in [0.3, 0.4) is 0 Å². The zero-order chi connectivity index (χ0) is 6.08. The molecule has 0 saturated carbocycles. The lowest BCUT2D eigenvalue weighted by atomic mass is 10.1. The SMILES string of the molecule is CC([SiH3])C(C)(C)P. The first-order valence-corrected chi connectivity index (χ1v) is 4.46. The molecule has 0 nitrogen and oxygen atoms in total. The van der Waals surface area contributed by atoms with Crippen molar-refractivity contribution in [3.05, 3.63) is 0 Å². The molecule has 0 N–H and O–H groups in total. The zero-order valence-electron chi connectivity index (χ0n) is 5.65. The summed E-state index contributed by atoms with van der Waals surface area (Å²) in [6.07, 6.45) is 0. The van der Waals surface area contributed by atoms with Crippen LogP contribution in [-0.2, 0) is 0 Å². The molecule has 0 saturated heterocycles. The van der Waals surface area contributed by atoms with Crippen molar-refractivity contribution < 1.29 is 0 Å². The summed E-state index contributed by atoms with van der Waals surface area (Å²) in [7, 11) is 4.17. The Labute approximate surface area is 51.7 Å². The lowest BCUT2D eigenvalue weighted by Gasteiger charge is -2.22. The van der Waals surface area contributed by atoms with Crippen molar-refractivity contribution in [1.82, 2.24) is 0 Å². The molecular formula is C5H15PSi. The third-order valence-corrected chi connectivity index (χ3v) is 4.31. The molecular weight excluding hydrogens is 119 g/mol. The summed E-state index contributed by atoms with van der Waals surface area (Å²) >= 11 is 0. The first-order chi connectivity index (χ1) is 2.94. The van der Waals surface area contributed by atoms with E-state index in [0.717, 1.165) is 5.54 Å². The van der Waals surface area contributed by atoms with E-state index in [-0.39, 0.29) is 0 Å². The Kier molecular flexibility index (Phi) is 2.49. The molecule has 2 atom stereocenters. The van der Waals surface area contributed by atoms with Gasteiger partial charge >= 0.3 is 0 Å². The molecule has 0 amide bonds. The highest BCUT2D eigenvalue weighted by atomic mass is 31.0. The molecule has 0 aliphatic rings. The van der Waals surface area contributed by atoms with Gasteiger partial charge in [0.05, 0.1) is 0 Å². The summed E-state index contributed by atoms with van der Waals surface area (Å²) in [4.78, 5) is 0. The van der Waals surface area contributed by atoms with Crippen LogP contribution in [0.2, 0.25) is 5.54 Å². The summed E-state index contributed by atoms with van der Waals surface area (Å²) in [6.45, 7) is 6.81. The van der Waals surface area contributed by atoms with Crippen molar-refractivity contribution in [2.24, 2.45) is 0 Å². The molecule has 7 heavy (non-hydrogen) atoms. The molecule has 0 rings (SSSR count). The summed E-state index contributed by atoms with van der Waals surface area (Å²) in [6, 6.07) is 0. The third-order valence-electron chi connectivity index (χ3n) is 1.49. The normalized spacial score (nSPS) is 17.1. The van der Waals surface area contributed by atoms with Crippen molar-refractivity contribution >= 4 is 19.5 Å². The predicted octanol–water partition coefficient (Wildman–Crippen LogP) is 0.814. The zero-order valence-corrected chi connectivity index (χ0v) is 8.81. The van der Waals surface area contributed by atoms with E-state index < -0.39 is 0 Å². The van der Waals surface area contributed by atoms with Gasteiger partial charge in [0.1, 0.15) is 0 Å². The van der Waals surface area contributed by atoms with Crippen LogP contribution in [0.4, 0.5) is 0 Å². The van der Waals surface area contributed by atoms with Gasteiger partial charge in [-0.05, 0) is 10.7 Å². The Balaban J connectivity index is 3.54. The first-order valence-electron chi connectivity index (χ1n) is 2.73. The average Bonchev–Trinajstić information content (AvgIpc) is 1.31. The second kappa shape index (κ2) is 2.28. The fourth-order valence-electron chi connectivity index (χ4n) is 0. The highest BCUT2D eigenvalue weighted by Crippen LogP contribution is 2.27. The average molecular weight is 134 g/mol. The van der Waals surface area contributed by atoms with Gasteiger partial charge in [-0.15, -0.1) is 9.24 Å². The van der Waals surface area contributed by atoms with Gasteiger partial charge in [0, 0.05) is 10.2 Å². The molecule has 0 aliphatic carbocycles. The van der Waals surface area contributed by atoms with Gasteiger partial charge in [-0.1, -0.05) is 20.8 Å². The maximum atomic E-state index is 2.87. The largest absolute Gasteiger partial charge is 0.132 e. The Bertz CT molecular complexity index is 53.6. The van der Waals surface area contributed by atoms with Crippen LogP contribution >= 0.6 is 9.24 Å². The van der Waals surface area contributed by atoms with Gasteiger partial charge in [0.2, 0.25) is 0 Å². The molecule has 0 spiro atoms. The lowest BCUT2D eigenvalue weighted by Crippen LogP contribution is -2.15. The minimum absolute atomic E-state index is 0.478. The van der Waals surface area contributed by atoms with E-state index >= 15 is 0 Å². The van der Waals surface area contributed by atoms with Gasteiger partial charge in [-0.3, -0.25) is 0 Å². The summed E-state index contributed by atoms with van der Waals surface area (Å²) in [5.41, 5.74) is 0.900. The van der Waals surface area contributed by atoms with Crippen LogP contribution in [0.15, 0.2) is 0 Å². The van der Waals surface area contributed by atoms with Gasteiger partial charge in [-0.2, -0.15) is 0 Å². The summed E-state index contributed by atoms with van der Waals surface area (Å²) in [5.74, 6) is 0. The molecule has 0 radical (unpaired) electrons. The predicted molar refractivity (Wildman–Crippen MR) is 43.2 cm³/mol. The molecule has 0 fully saturated rings. The van der Waals surface area contributed by atoms with Gasteiger partial charge in [0.15, 0.2) is 0 Å². The van der Waals surface area contributed by atoms with Gasteiger partial charge in [0.25, 0.3) is 0 Å². The third kappa shape index (κ3) is 3.25. The molecule has 0 aromatic rings. The van der Waals surface area contributed by atoms with Crippen LogP contribution in [0.5, 0.6) is 0 Å². The van der Waals surface area contributed by atoms with E-state index in [1.807, 2.05) is 0 Å². The fraction of sp³-hybridized carbons (Fsp3) is 1.00. The van der Waals surface area contributed by atoms with Gasteiger partial charge in [-0.25, -0.2) is 0 Å². The van der Waals surface area contributed by atoms with E-state index in [2.05, 4.69) is 30.0 Å². The Morgan fingerprint density at radius 1 is 1.57 bits per heavy atom. The molecule has 0 aromatic heterocycles. The minimum Gasteiger partial charge on any atom is -0.132 e. The number of hydrogen-bond donors (Lipinski definition) is 0. The van der Waals surface area contributed by atoms with Crippen LogP contribution in [0, 0.1) is 0 Å². The number of hydrogen-bond acceptors (Lipinski definition) is 0. The van der Waals surface area contributed by atoms with Crippen LogP contribution < -0.4 is 0 Å². The summed E-state index contributed by atoms with van der Waals surface area (Å²) in [5, 5.41) is 0.478. The molecule has 44 valence electrons. The minimum atomic E-state index is 0.478. The highest BCUT2D eigenvalue weighted by Gasteiger charge is 2.13. The summed E-state index contributed by atoms with van der Waals surface area (Å²) < 4.78 is 0. The van der Waals surface area contributed by atoms with Crippen LogP contribution in [0.25, 0.3) is 0 Å². The van der Waals surface area contributed by atoms with Crippen molar-refractivity contribution in [1.29, 1.82) is 0 Å². The quantitative estimate of drug-likeness (QED) is 0.368. The molecule has 0 aliphatic heterocycles. The van der Waals surface area contributed by atoms with E-state index in [0.29, 0.717) is 5.16 Å². The standard InChI is InChI=1S/C5H15PSi/c1-4(7)5(2,3)6/h4H,6H2,1-3,7H3. The molecule has 0 aromatic carbocycles. The molecule has 2 unspecified atom stereocenters. The monoisotopic (exact) mass is 134 g/mol. The van der Waals surface area contributed by atoms with E-state index in [4.69, 9.17) is 0 Å². The highest BCUT2D eigenvalue weighted by molar-refractivity contribution is 7.19. The lowest BCUT2D eigenvalue weighted by molar-refractivity contribution is 0.683. The molecule has 0 heterocycles. The van der Waals surface area contributed by atoms with Crippen molar-refractivity contribution in [3.63, 3.8) is 0 Å². The van der Waals surface area contributed by atoms with Crippen molar-refractivity contribution in [2.75, 3.05) is 0 Å². The van der Waals surface area contributed by atoms with Crippen LogP contribution in [0.1, 0.15) is 20.8 Å². The van der Waals surface area contributed by atoms with Gasteiger partial charge < -0.3 is 0 Å². The first kappa shape index (κ1) is 7.65. The van der Waals surface area contributed by atoms with Crippen LogP contribution in [-0.4, -0.2) is 15.4 Å². The molecule has 2 heteroatoms. The number of rotatable bonds is 1. The maximum absolute atomic E-state index is 2.87. The Hall–Kier alpha value is 0.647. The topological polar surface area (TPSA) is 0 Å². The fourth-order valence-corrected chi connectivity index (χ4v) is 0. The Morgan fingerprint density at radius 3 is 1.71 bits per heavy atom. The van der Waals surface area contributed by atoms with Crippen molar-refractivity contribution in [3.8, 4) is 0 Å². The van der Waals surface area contributed by atoms with E-state index in [1.54, 1.807) is 0 Å². The Morgan fingerprint density at radius 2 is 1.71 bits per heavy atom. The smallest absolute Gasteiger partial charge is 0.00748 e.